The van der Waals surface area contributed by atoms with Gasteiger partial charge >= 0.3 is 12.1 Å². The van der Waals surface area contributed by atoms with Crippen LogP contribution >= 0.6 is 0 Å². The van der Waals surface area contributed by atoms with Crippen molar-refractivity contribution >= 4 is 18.0 Å². The molecule has 1 unspecified atom stereocenters. The molecular formula is C42H70N2O9. The summed E-state index contributed by atoms with van der Waals surface area (Å²) >= 11 is 0. The molecule has 0 spiro atoms. The summed E-state index contributed by atoms with van der Waals surface area (Å²) in [6.45, 7) is 14.7. The summed E-state index contributed by atoms with van der Waals surface area (Å²) in [6, 6.07) is 0. The van der Waals surface area contributed by atoms with Gasteiger partial charge < -0.3 is 40.2 Å². The molecule has 0 saturated heterocycles. The lowest BCUT2D eigenvalue weighted by molar-refractivity contribution is -0.137. The average molecular weight is 747 g/mol. The first kappa shape index (κ1) is 44.7. The van der Waals surface area contributed by atoms with Crippen LogP contribution in [-0.4, -0.2) is 90.6 Å². The van der Waals surface area contributed by atoms with E-state index in [0.717, 1.165) is 56.1 Å². The molecule has 0 radical (unpaired) electrons. The second-order valence-corrected chi connectivity index (χ2v) is 16.4. The molecule has 0 heterocycles. The van der Waals surface area contributed by atoms with E-state index in [1.54, 1.807) is 13.8 Å². The van der Waals surface area contributed by atoms with Gasteiger partial charge in [-0.15, -0.1) is 0 Å². The number of allylic oxidation sites excluding steroid dienone is 4. The first-order valence-electron chi connectivity index (χ1n) is 20.3. The fourth-order valence-corrected chi connectivity index (χ4v) is 8.68. The highest BCUT2D eigenvalue weighted by Gasteiger charge is 2.50. The zero-order valence-corrected chi connectivity index (χ0v) is 33.1. The van der Waals surface area contributed by atoms with Crippen LogP contribution in [0.1, 0.15) is 130 Å². The van der Waals surface area contributed by atoms with Crippen molar-refractivity contribution in [2.75, 3.05) is 39.5 Å². The van der Waals surface area contributed by atoms with Crippen LogP contribution < -0.4 is 10.6 Å². The number of carboxylic acids is 1. The first-order chi connectivity index (χ1) is 25.2. The highest BCUT2D eigenvalue weighted by atomic mass is 16.6. The van der Waals surface area contributed by atoms with Crippen LogP contribution in [-0.2, 0) is 23.8 Å². The van der Waals surface area contributed by atoms with Crippen molar-refractivity contribution in [2.24, 2.45) is 23.2 Å². The number of aliphatic hydroxyl groups is 2. The normalized spacial score (nSPS) is 25.9. The minimum Gasteiger partial charge on any atom is -0.481 e. The van der Waals surface area contributed by atoms with E-state index in [0.29, 0.717) is 83.0 Å². The zero-order chi connectivity index (χ0) is 38.9. The van der Waals surface area contributed by atoms with Gasteiger partial charge in [0.25, 0.3) is 0 Å². The first-order valence-corrected chi connectivity index (χ1v) is 20.3. The second-order valence-electron chi connectivity index (χ2n) is 16.4. The number of aliphatic carboxylic acids is 1. The lowest BCUT2D eigenvalue weighted by Gasteiger charge is -2.44. The van der Waals surface area contributed by atoms with Crippen LogP contribution in [0.15, 0.2) is 35.5 Å². The van der Waals surface area contributed by atoms with Gasteiger partial charge in [0.15, 0.2) is 0 Å². The number of aliphatic hydroxyl groups excluding tert-OH is 1. The fraction of sp³-hybridized carbons (Fsp3) is 0.786. The van der Waals surface area contributed by atoms with E-state index in [4.69, 9.17) is 19.3 Å². The van der Waals surface area contributed by atoms with Gasteiger partial charge in [-0.05, 0) is 113 Å². The molecule has 5 N–H and O–H groups in total. The van der Waals surface area contributed by atoms with Crippen LogP contribution in [0.25, 0.3) is 0 Å². The van der Waals surface area contributed by atoms with E-state index in [9.17, 15) is 24.6 Å². The molecule has 3 aliphatic carbocycles. The summed E-state index contributed by atoms with van der Waals surface area (Å²) in [5.41, 5.74) is 2.98. The van der Waals surface area contributed by atoms with Gasteiger partial charge in [0.2, 0.25) is 5.91 Å². The zero-order valence-electron chi connectivity index (χ0n) is 33.1. The minimum absolute atomic E-state index is 0.0291. The number of nitrogens with one attached hydrogen (secondary N) is 2. The third-order valence-corrected chi connectivity index (χ3v) is 11.9. The molecule has 53 heavy (non-hydrogen) atoms. The van der Waals surface area contributed by atoms with E-state index in [-0.39, 0.29) is 23.8 Å². The minimum atomic E-state index is -1.07. The predicted octanol–water partition coefficient (Wildman–Crippen LogP) is 7.01. The topological polar surface area (TPSA) is 164 Å². The lowest BCUT2D eigenvalue weighted by atomic mass is 9.60. The average Bonchev–Trinajstić information content (AvgIpc) is 3.46. The number of alkyl carbamates (subject to hydrolysis) is 1. The maximum Gasteiger partial charge on any atom is 0.407 e. The Kier molecular flexibility index (Phi) is 19.0. The van der Waals surface area contributed by atoms with E-state index >= 15 is 0 Å². The maximum atomic E-state index is 12.5. The third-order valence-electron chi connectivity index (χ3n) is 11.9. The largest absolute Gasteiger partial charge is 0.481 e. The van der Waals surface area contributed by atoms with Gasteiger partial charge in [-0.1, -0.05) is 56.6 Å². The van der Waals surface area contributed by atoms with Crippen LogP contribution in [0.3, 0.4) is 0 Å². The van der Waals surface area contributed by atoms with E-state index in [2.05, 4.69) is 43.2 Å². The molecular weight excluding hydrogens is 676 g/mol. The van der Waals surface area contributed by atoms with Gasteiger partial charge in [-0.25, -0.2) is 4.79 Å². The summed E-state index contributed by atoms with van der Waals surface area (Å²) in [6.07, 6.45) is 16.6. The number of carboxylic acid groups (broad SMARTS) is 1. The van der Waals surface area contributed by atoms with Crippen molar-refractivity contribution in [3.63, 3.8) is 0 Å². The monoisotopic (exact) mass is 747 g/mol. The van der Waals surface area contributed by atoms with Crippen molar-refractivity contribution in [3.8, 4) is 0 Å². The Morgan fingerprint density at radius 2 is 1.62 bits per heavy atom. The van der Waals surface area contributed by atoms with Crippen molar-refractivity contribution in [1.29, 1.82) is 0 Å². The van der Waals surface area contributed by atoms with Crippen LogP contribution in [0.5, 0.6) is 0 Å². The number of carbonyl (C=O) groups is 3. The number of amides is 2. The van der Waals surface area contributed by atoms with E-state index in [1.165, 1.54) is 31.3 Å². The molecule has 11 nitrogen and oxygen atoms in total. The van der Waals surface area contributed by atoms with Gasteiger partial charge in [-0.2, -0.15) is 0 Å². The molecule has 3 aliphatic rings. The summed E-state index contributed by atoms with van der Waals surface area (Å²) in [7, 11) is 0. The van der Waals surface area contributed by atoms with Crippen molar-refractivity contribution in [3.05, 3.63) is 35.5 Å². The van der Waals surface area contributed by atoms with Crippen LogP contribution in [0, 0.1) is 23.2 Å². The Morgan fingerprint density at radius 1 is 0.943 bits per heavy atom. The number of carbonyl (C=O) groups excluding carboxylic acids is 2. The molecule has 0 aromatic heterocycles. The molecule has 6 atom stereocenters. The summed E-state index contributed by atoms with van der Waals surface area (Å²) in [4.78, 5) is 34.9. The number of ether oxygens (including phenoxy) is 3. The standard InChI is InChI=1S/C42H70N2O9/c1-30-14-18-34(53-40(49)44-24-26-52-28-27-51-25-23-43-38(46)12-8-6-7-9-13-39(47)48)29-33(30)17-16-32-11-10-22-42(5)35(19-20-36(32)42)31(2)15-21-37(45)41(3,4)50/h16-17,31,34-37,45,50H,1,6-15,18-29H2,2-5H3,(H,43,46)(H,44,49)(H,47,48)/b32-16+,33-17-/t31-,34+,35-,36?,37-,42-/m1/s1. The SMILES string of the molecule is C=C1CC[C@H](OC(=O)NCCOCCOCCNC(=O)CCCCCCC(=O)O)C/C1=C/C=C1\CCC[C@@]2(C)C1CC[C@@H]2[C@H](C)CC[C@@H](O)C(C)(C)O. The highest BCUT2D eigenvalue weighted by molar-refractivity contribution is 5.75. The Balaban J connectivity index is 1.30. The molecule has 302 valence electrons. The summed E-state index contributed by atoms with van der Waals surface area (Å²) in [5, 5.41) is 34.8. The fourth-order valence-electron chi connectivity index (χ4n) is 8.68. The quantitative estimate of drug-likeness (QED) is 0.0692. The number of unbranched alkanes of at least 4 members (excludes halogenated alkanes) is 3. The molecule has 3 rings (SSSR count). The summed E-state index contributed by atoms with van der Waals surface area (Å²) in [5.74, 6) is 0.846. The smallest absolute Gasteiger partial charge is 0.407 e. The van der Waals surface area contributed by atoms with Crippen molar-refractivity contribution in [1.82, 2.24) is 10.6 Å². The van der Waals surface area contributed by atoms with Gasteiger partial charge in [0.05, 0.1) is 38.1 Å². The number of hydrogen-bond donors (Lipinski definition) is 5. The number of rotatable bonds is 23. The predicted molar refractivity (Wildman–Crippen MR) is 206 cm³/mol. The number of fused-ring (bicyclic) bond motifs is 1. The van der Waals surface area contributed by atoms with Gasteiger partial charge in [0, 0.05) is 32.4 Å². The molecule has 3 saturated carbocycles. The highest BCUT2D eigenvalue weighted by Crippen LogP contribution is 2.60. The van der Waals surface area contributed by atoms with E-state index < -0.39 is 23.8 Å². The Hall–Kier alpha value is -2.73. The van der Waals surface area contributed by atoms with Gasteiger partial charge in [-0.3, -0.25) is 9.59 Å². The molecule has 11 heteroatoms. The van der Waals surface area contributed by atoms with Crippen molar-refractivity contribution in [2.45, 2.75) is 148 Å². The Labute approximate surface area is 318 Å². The van der Waals surface area contributed by atoms with Crippen molar-refractivity contribution < 1.29 is 43.9 Å². The van der Waals surface area contributed by atoms with Gasteiger partial charge in [0.1, 0.15) is 6.10 Å². The maximum absolute atomic E-state index is 12.5. The Bertz CT molecular complexity index is 1240. The van der Waals surface area contributed by atoms with E-state index in [1.807, 2.05) is 0 Å². The molecule has 0 bridgehead atoms. The van der Waals surface area contributed by atoms with Crippen LogP contribution in [0.2, 0.25) is 0 Å². The molecule has 0 aromatic carbocycles. The van der Waals surface area contributed by atoms with Crippen LogP contribution in [0.4, 0.5) is 4.79 Å². The third kappa shape index (κ3) is 15.5. The molecule has 0 aliphatic heterocycles. The summed E-state index contributed by atoms with van der Waals surface area (Å²) < 4.78 is 16.8. The lowest BCUT2D eigenvalue weighted by Crippen LogP contribution is -2.38. The second kappa shape index (κ2) is 22.6. The molecule has 0 aromatic rings. The number of hydrogen-bond acceptors (Lipinski definition) is 8. The Morgan fingerprint density at radius 3 is 2.30 bits per heavy atom. The molecule has 3 fully saturated rings. The molecule has 2 amide bonds.